The number of hydrogen-bond donors (Lipinski definition) is 3. The number of hydrogen-bond acceptors (Lipinski definition) is 10. The van der Waals surface area contributed by atoms with Crippen LogP contribution in [0.5, 0.6) is 0 Å². The Morgan fingerprint density at radius 2 is 1.94 bits per heavy atom. The maximum absolute atomic E-state index is 9.50. The van der Waals surface area contributed by atoms with Crippen molar-refractivity contribution in [1.82, 2.24) is 24.7 Å². The maximum atomic E-state index is 9.50. The minimum atomic E-state index is 0.0329. The summed E-state index contributed by atoms with van der Waals surface area (Å²) in [5.74, 6) is 0.863. The van der Waals surface area contributed by atoms with Gasteiger partial charge in [0.25, 0.3) is 0 Å². The van der Waals surface area contributed by atoms with E-state index in [4.69, 9.17) is 21.3 Å². The van der Waals surface area contributed by atoms with Crippen LogP contribution in [0.15, 0.2) is 23.8 Å². The fourth-order valence-electron chi connectivity index (χ4n) is 4.09. The molecule has 35 heavy (non-hydrogen) atoms. The lowest BCUT2D eigenvalue weighted by Crippen LogP contribution is -2.29. The molecule has 0 atom stereocenters. The molecule has 11 heteroatoms. The highest BCUT2D eigenvalue weighted by molar-refractivity contribution is 7.17. The van der Waals surface area contributed by atoms with Crippen molar-refractivity contribution in [3.8, 4) is 0 Å². The minimum absolute atomic E-state index is 0.0329. The van der Waals surface area contributed by atoms with Crippen LogP contribution in [0.2, 0.25) is 0 Å². The molecule has 188 valence electrons. The first-order valence-electron chi connectivity index (χ1n) is 12.1. The molecule has 0 radical (unpaired) electrons. The van der Waals surface area contributed by atoms with E-state index in [0.717, 1.165) is 53.9 Å². The van der Waals surface area contributed by atoms with Gasteiger partial charge < -0.3 is 26.2 Å². The summed E-state index contributed by atoms with van der Waals surface area (Å²) >= 11 is 1.60. The Bertz CT molecular complexity index is 1230. The number of thiazole rings is 1. The third-order valence-corrected chi connectivity index (χ3v) is 6.79. The number of rotatable bonds is 9. The molecular weight excluding hydrogens is 464 g/mol. The predicted molar refractivity (Wildman–Crippen MR) is 141 cm³/mol. The molecule has 3 aromatic heterocycles. The summed E-state index contributed by atoms with van der Waals surface area (Å²) in [6, 6.07) is 4.10. The zero-order valence-electron chi connectivity index (χ0n) is 20.2. The number of aromatic nitrogens is 5. The molecular formula is C24H34N8O2S. The van der Waals surface area contributed by atoms with Gasteiger partial charge >= 0.3 is 0 Å². The number of aliphatic hydroxyl groups is 1. The summed E-state index contributed by atoms with van der Waals surface area (Å²) in [7, 11) is 0. The number of ether oxygens (including phenoxy) is 1. The predicted octanol–water partition coefficient (Wildman–Crippen LogP) is 2.92. The van der Waals surface area contributed by atoms with Crippen LogP contribution in [0.25, 0.3) is 21.3 Å². The molecule has 0 bridgehead atoms. The van der Waals surface area contributed by atoms with E-state index in [1.54, 1.807) is 11.3 Å². The first-order chi connectivity index (χ1) is 17.1. The quantitative estimate of drug-likeness (QED) is 0.317. The molecule has 0 spiro atoms. The SMILES string of the molecule is C1CCOC1.CCCCN(CCO)c1nc(N)nc2cn(Cc3ccc(CN)c4scnc34)nc12. The molecule has 1 fully saturated rings. The number of nitrogen functional groups attached to an aromatic ring is 1. The molecule has 0 aliphatic carbocycles. The van der Waals surface area contributed by atoms with Gasteiger partial charge in [-0.3, -0.25) is 4.68 Å². The van der Waals surface area contributed by atoms with Crippen molar-refractivity contribution in [1.29, 1.82) is 0 Å². The van der Waals surface area contributed by atoms with Gasteiger partial charge in [0.05, 0.1) is 35.1 Å². The van der Waals surface area contributed by atoms with Crippen molar-refractivity contribution in [3.05, 3.63) is 35.0 Å². The van der Waals surface area contributed by atoms with Crippen LogP contribution < -0.4 is 16.4 Å². The number of unbranched alkanes of at least 4 members (excludes halogenated alkanes) is 1. The standard InChI is InChI=1S/C20H26N8OS.C4H8O/c1-2-3-6-27(7-8-29)19-17-15(24-20(22)25-19)11-28(26-17)10-14-5-4-13(9-21)18-16(14)23-12-30-18;1-2-4-5-3-1/h4-5,11-12,29H,2-3,6-10,21H2,1H3,(H2,22,24);1-4H2. The van der Waals surface area contributed by atoms with E-state index in [-0.39, 0.29) is 12.6 Å². The second-order valence-corrected chi connectivity index (χ2v) is 9.32. The first kappa shape index (κ1) is 25.2. The highest BCUT2D eigenvalue weighted by Gasteiger charge is 2.18. The molecule has 0 unspecified atom stereocenters. The van der Waals surface area contributed by atoms with Crippen molar-refractivity contribution in [2.45, 2.75) is 45.7 Å². The van der Waals surface area contributed by atoms with Crippen LogP contribution in [0.1, 0.15) is 43.7 Å². The van der Waals surface area contributed by atoms with Gasteiger partial charge in [-0.1, -0.05) is 25.5 Å². The third kappa shape index (κ3) is 6.04. The van der Waals surface area contributed by atoms with Gasteiger partial charge in [0.1, 0.15) is 5.52 Å². The van der Waals surface area contributed by atoms with Gasteiger partial charge in [-0.15, -0.1) is 11.3 Å². The zero-order valence-corrected chi connectivity index (χ0v) is 21.0. The van der Waals surface area contributed by atoms with Crippen LogP contribution in [-0.2, 0) is 17.8 Å². The summed E-state index contributed by atoms with van der Waals surface area (Å²) in [6.45, 7) is 6.45. The van der Waals surface area contributed by atoms with Crippen molar-refractivity contribution in [2.75, 3.05) is 43.5 Å². The normalized spacial score (nSPS) is 13.3. The van der Waals surface area contributed by atoms with Gasteiger partial charge in [0.15, 0.2) is 11.3 Å². The molecule has 5 rings (SSSR count). The van der Waals surface area contributed by atoms with E-state index in [1.165, 1.54) is 12.8 Å². The Hall–Kier alpha value is -2.86. The monoisotopic (exact) mass is 498 g/mol. The van der Waals surface area contributed by atoms with Crippen LogP contribution in [0.3, 0.4) is 0 Å². The van der Waals surface area contributed by atoms with E-state index in [0.29, 0.717) is 36.5 Å². The molecule has 10 nitrogen and oxygen atoms in total. The molecule has 1 aliphatic heterocycles. The highest BCUT2D eigenvalue weighted by atomic mass is 32.1. The van der Waals surface area contributed by atoms with Crippen LogP contribution >= 0.6 is 11.3 Å². The van der Waals surface area contributed by atoms with E-state index >= 15 is 0 Å². The van der Waals surface area contributed by atoms with Gasteiger partial charge in [0, 0.05) is 38.4 Å². The number of fused-ring (bicyclic) bond motifs is 2. The minimum Gasteiger partial charge on any atom is -0.395 e. The Balaban J connectivity index is 0.000000514. The molecule has 0 saturated carbocycles. The molecule has 5 N–H and O–H groups in total. The van der Waals surface area contributed by atoms with E-state index in [1.807, 2.05) is 21.3 Å². The highest BCUT2D eigenvalue weighted by Crippen LogP contribution is 2.28. The van der Waals surface area contributed by atoms with E-state index in [2.05, 4.69) is 34.0 Å². The number of benzene rings is 1. The third-order valence-electron chi connectivity index (χ3n) is 5.89. The van der Waals surface area contributed by atoms with Gasteiger partial charge in [-0.2, -0.15) is 10.1 Å². The molecule has 4 aromatic rings. The Morgan fingerprint density at radius 3 is 2.63 bits per heavy atom. The average molecular weight is 499 g/mol. The summed E-state index contributed by atoms with van der Waals surface area (Å²) in [5, 5.41) is 14.3. The average Bonchev–Trinajstić information content (AvgIpc) is 3.64. The fraction of sp³-hybridized carbons (Fsp3) is 0.500. The van der Waals surface area contributed by atoms with Gasteiger partial charge in [-0.25, -0.2) is 9.97 Å². The van der Waals surface area contributed by atoms with Crippen molar-refractivity contribution < 1.29 is 9.84 Å². The largest absolute Gasteiger partial charge is 0.395 e. The molecule has 0 amide bonds. The fourth-order valence-corrected chi connectivity index (χ4v) is 4.95. The zero-order chi connectivity index (χ0) is 24.6. The first-order valence-corrected chi connectivity index (χ1v) is 13.0. The maximum Gasteiger partial charge on any atom is 0.222 e. The number of nitrogens with zero attached hydrogens (tertiary/aromatic N) is 6. The summed E-state index contributed by atoms with van der Waals surface area (Å²) < 4.78 is 7.90. The number of nitrogens with two attached hydrogens (primary N) is 2. The van der Waals surface area contributed by atoms with Gasteiger partial charge in [0.2, 0.25) is 5.95 Å². The lowest BCUT2D eigenvalue weighted by atomic mass is 10.1. The second kappa shape index (κ2) is 12.2. The molecule has 1 aromatic carbocycles. The van der Waals surface area contributed by atoms with E-state index in [9.17, 15) is 5.11 Å². The summed E-state index contributed by atoms with van der Waals surface area (Å²) in [4.78, 5) is 15.4. The number of anilines is 2. The molecule has 1 aliphatic rings. The number of aliphatic hydroxyl groups excluding tert-OH is 1. The van der Waals surface area contributed by atoms with Crippen LogP contribution in [0, 0.1) is 0 Å². The van der Waals surface area contributed by atoms with Crippen LogP contribution in [0.4, 0.5) is 11.8 Å². The van der Waals surface area contributed by atoms with Crippen LogP contribution in [-0.4, -0.2) is 62.7 Å². The Kier molecular flexibility index (Phi) is 8.80. The summed E-state index contributed by atoms with van der Waals surface area (Å²) in [6.07, 6.45) is 6.47. The Labute approximate surface area is 208 Å². The lowest BCUT2D eigenvalue weighted by molar-refractivity contribution is 0.198. The van der Waals surface area contributed by atoms with Crippen molar-refractivity contribution >= 4 is 44.4 Å². The topological polar surface area (TPSA) is 141 Å². The second-order valence-electron chi connectivity index (χ2n) is 8.47. The molecule has 1 saturated heterocycles. The smallest absolute Gasteiger partial charge is 0.222 e. The Morgan fingerprint density at radius 1 is 1.14 bits per heavy atom. The van der Waals surface area contributed by atoms with Crippen molar-refractivity contribution in [3.63, 3.8) is 0 Å². The molecule has 4 heterocycles. The van der Waals surface area contributed by atoms with Gasteiger partial charge in [-0.05, 0) is 24.8 Å². The lowest BCUT2D eigenvalue weighted by Gasteiger charge is -2.22. The van der Waals surface area contributed by atoms with Crippen molar-refractivity contribution in [2.24, 2.45) is 5.73 Å². The van der Waals surface area contributed by atoms with E-state index < -0.39 is 0 Å². The summed E-state index contributed by atoms with van der Waals surface area (Å²) in [5.41, 5.74) is 18.2.